The second kappa shape index (κ2) is 4.75. The van der Waals surface area contributed by atoms with Gasteiger partial charge in [-0.3, -0.25) is 0 Å². The average Bonchev–Trinajstić information content (AvgIpc) is 3.10. The fraction of sp³-hybridized carbons (Fsp3) is 0.444. The van der Waals surface area contributed by atoms with Crippen molar-refractivity contribution in [1.82, 2.24) is 0 Å². The van der Waals surface area contributed by atoms with Crippen molar-refractivity contribution in [2.75, 3.05) is 0 Å². The van der Waals surface area contributed by atoms with E-state index in [1.54, 1.807) is 0 Å². The Bertz CT molecular complexity index is 651. The molecule has 0 amide bonds. The molecule has 1 N–H and O–H groups in total. The summed E-state index contributed by atoms with van der Waals surface area (Å²) in [6.07, 6.45) is 4.86. The van der Waals surface area contributed by atoms with Gasteiger partial charge in [-0.1, -0.05) is 48.4 Å². The standard InChI is InChI=1S/C18H19ClO/c19-17-8-7-15(13-3-1-2-4-14(13)17)18(20)16-10-11-5-6-12(16)9-11/h1-4,7-8,11-12,16,18,20H,5-6,9-10H2. The smallest absolute Gasteiger partial charge is 0.0826 e. The molecule has 2 aliphatic rings. The van der Waals surface area contributed by atoms with Crippen LogP contribution in [0.25, 0.3) is 10.8 Å². The summed E-state index contributed by atoms with van der Waals surface area (Å²) >= 11 is 6.27. The molecule has 2 fully saturated rings. The van der Waals surface area contributed by atoms with Crippen LogP contribution in [-0.2, 0) is 0 Å². The van der Waals surface area contributed by atoms with E-state index in [1.807, 2.05) is 30.3 Å². The number of hydrogen-bond donors (Lipinski definition) is 1. The molecular weight excluding hydrogens is 268 g/mol. The average molecular weight is 287 g/mol. The third-order valence-corrected chi connectivity index (χ3v) is 5.75. The quantitative estimate of drug-likeness (QED) is 0.827. The van der Waals surface area contributed by atoms with E-state index >= 15 is 0 Å². The molecule has 0 aromatic heterocycles. The predicted molar refractivity (Wildman–Crippen MR) is 82.9 cm³/mol. The fourth-order valence-corrected chi connectivity index (χ4v) is 4.68. The molecule has 2 heteroatoms. The zero-order valence-electron chi connectivity index (χ0n) is 11.4. The zero-order chi connectivity index (χ0) is 13.7. The van der Waals surface area contributed by atoms with Gasteiger partial charge in [0.05, 0.1) is 6.10 Å². The third kappa shape index (κ3) is 1.88. The summed E-state index contributed by atoms with van der Waals surface area (Å²) in [5, 5.41) is 13.8. The predicted octanol–water partition coefficient (Wildman–Crippen LogP) is 4.96. The molecule has 4 unspecified atom stereocenters. The molecule has 0 aliphatic heterocycles. The molecule has 2 aliphatic carbocycles. The van der Waals surface area contributed by atoms with E-state index in [0.29, 0.717) is 5.92 Å². The van der Waals surface area contributed by atoms with Crippen LogP contribution in [0.5, 0.6) is 0 Å². The molecule has 2 bridgehead atoms. The number of benzene rings is 2. The maximum atomic E-state index is 10.9. The number of fused-ring (bicyclic) bond motifs is 3. The van der Waals surface area contributed by atoms with Gasteiger partial charge in [-0.05, 0) is 54.0 Å². The second-order valence-electron chi connectivity index (χ2n) is 6.47. The van der Waals surface area contributed by atoms with Gasteiger partial charge >= 0.3 is 0 Å². The van der Waals surface area contributed by atoms with Crippen molar-refractivity contribution in [1.29, 1.82) is 0 Å². The lowest BCUT2D eigenvalue weighted by Crippen LogP contribution is -2.19. The van der Waals surface area contributed by atoms with Crippen LogP contribution in [0.15, 0.2) is 36.4 Å². The Morgan fingerprint density at radius 1 is 1.00 bits per heavy atom. The Labute approximate surface area is 124 Å². The van der Waals surface area contributed by atoms with Crippen molar-refractivity contribution in [2.45, 2.75) is 31.8 Å². The normalized spacial score (nSPS) is 30.0. The minimum atomic E-state index is -0.340. The molecule has 0 spiro atoms. The first-order valence-electron chi connectivity index (χ1n) is 7.59. The molecule has 0 saturated heterocycles. The molecule has 1 nitrogen and oxygen atoms in total. The van der Waals surface area contributed by atoms with Gasteiger partial charge in [0.25, 0.3) is 0 Å². The van der Waals surface area contributed by atoms with Crippen LogP contribution in [0.2, 0.25) is 5.02 Å². The van der Waals surface area contributed by atoms with Gasteiger partial charge in [-0.15, -0.1) is 0 Å². The molecule has 2 aromatic rings. The van der Waals surface area contributed by atoms with Crippen LogP contribution in [0, 0.1) is 17.8 Å². The number of rotatable bonds is 2. The lowest BCUT2D eigenvalue weighted by molar-refractivity contribution is 0.0757. The first-order chi connectivity index (χ1) is 9.74. The first-order valence-corrected chi connectivity index (χ1v) is 7.97. The fourth-order valence-electron chi connectivity index (χ4n) is 4.45. The highest BCUT2D eigenvalue weighted by atomic mass is 35.5. The van der Waals surface area contributed by atoms with Crippen molar-refractivity contribution in [2.24, 2.45) is 17.8 Å². The van der Waals surface area contributed by atoms with E-state index in [0.717, 1.165) is 33.2 Å². The monoisotopic (exact) mass is 286 g/mol. The molecule has 104 valence electrons. The summed E-state index contributed by atoms with van der Waals surface area (Å²) in [6.45, 7) is 0. The van der Waals surface area contributed by atoms with Gasteiger partial charge in [-0.25, -0.2) is 0 Å². The largest absolute Gasteiger partial charge is 0.388 e. The van der Waals surface area contributed by atoms with Gasteiger partial charge in [0.15, 0.2) is 0 Å². The van der Waals surface area contributed by atoms with Gasteiger partial charge in [-0.2, -0.15) is 0 Å². The van der Waals surface area contributed by atoms with Gasteiger partial charge in [0.2, 0.25) is 0 Å². The van der Waals surface area contributed by atoms with Gasteiger partial charge < -0.3 is 5.11 Å². The van der Waals surface area contributed by atoms with Gasteiger partial charge in [0.1, 0.15) is 0 Å². The summed E-state index contributed by atoms with van der Waals surface area (Å²) in [6, 6.07) is 12.1. The van der Waals surface area contributed by atoms with Crippen LogP contribution in [0.1, 0.15) is 37.4 Å². The molecule has 0 radical (unpaired) electrons. The van der Waals surface area contributed by atoms with Crippen molar-refractivity contribution < 1.29 is 5.11 Å². The molecule has 20 heavy (non-hydrogen) atoms. The van der Waals surface area contributed by atoms with Crippen LogP contribution in [0.3, 0.4) is 0 Å². The van der Waals surface area contributed by atoms with Crippen LogP contribution in [-0.4, -0.2) is 5.11 Å². The van der Waals surface area contributed by atoms with E-state index in [1.165, 1.54) is 25.7 Å². The topological polar surface area (TPSA) is 20.2 Å². The Morgan fingerprint density at radius 3 is 2.50 bits per heavy atom. The van der Waals surface area contributed by atoms with E-state index in [2.05, 4.69) is 6.07 Å². The number of hydrogen-bond acceptors (Lipinski definition) is 1. The SMILES string of the molecule is OC(c1ccc(Cl)c2ccccc12)C1CC2CCC1C2. The Morgan fingerprint density at radius 2 is 1.80 bits per heavy atom. The number of aliphatic hydroxyl groups excluding tert-OH is 1. The maximum absolute atomic E-state index is 10.9. The summed E-state index contributed by atoms with van der Waals surface area (Å²) in [7, 11) is 0. The Balaban J connectivity index is 1.77. The summed E-state index contributed by atoms with van der Waals surface area (Å²) in [5.74, 6) is 2.03. The summed E-state index contributed by atoms with van der Waals surface area (Å²) < 4.78 is 0. The lowest BCUT2D eigenvalue weighted by Gasteiger charge is -2.28. The van der Waals surface area contributed by atoms with Crippen molar-refractivity contribution in [3.63, 3.8) is 0 Å². The number of halogens is 1. The molecule has 4 rings (SSSR count). The lowest BCUT2D eigenvalue weighted by atomic mass is 9.81. The van der Waals surface area contributed by atoms with E-state index in [-0.39, 0.29) is 6.10 Å². The molecule has 0 heterocycles. The minimum absolute atomic E-state index is 0.340. The first kappa shape index (κ1) is 12.7. The van der Waals surface area contributed by atoms with E-state index < -0.39 is 0 Å². The van der Waals surface area contributed by atoms with E-state index in [9.17, 15) is 5.11 Å². The zero-order valence-corrected chi connectivity index (χ0v) is 12.2. The highest BCUT2D eigenvalue weighted by Crippen LogP contribution is 2.53. The van der Waals surface area contributed by atoms with Crippen molar-refractivity contribution >= 4 is 22.4 Å². The molecule has 4 atom stereocenters. The summed E-state index contributed by atoms with van der Waals surface area (Å²) in [5.41, 5.74) is 1.06. The number of aliphatic hydroxyl groups is 1. The van der Waals surface area contributed by atoms with Crippen molar-refractivity contribution in [3.8, 4) is 0 Å². The highest BCUT2D eigenvalue weighted by Gasteiger charge is 2.43. The Hall–Kier alpha value is -1.05. The molecule has 2 saturated carbocycles. The van der Waals surface area contributed by atoms with Crippen LogP contribution >= 0.6 is 11.6 Å². The van der Waals surface area contributed by atoms with Crippen LogP contribution in [0.4, 0.5) is 0 Å². The maximum Gasteiger partial charge on any atom is 0.0826 e. The molecule has 2 aromatic carbocycles. The van der Waals surface area contributed by atoms with Crippen LogP contribution < -0.4 is 0 Å². The second-order valence-corrected chi connectivity index (χ2v) is 6.87. The third-order valence-electron chi connectivity index (χ3n) is 5.42. The van der Waals surface area contributed by atoms with E-state index in [4.69, 9.17) is 11.6 Å². The van der Waals surface area contributed by atoms with Crippen molar-refractivity contribution in [3.05, 3.63) is 47.0 Å². The molecular formula is C18H19ClO. The summed E-state index contributed by atoms with van der Waals surface area (Å²) in [4.78, 5) is 0. The Kier molecular flexibility index (Phi) is 3.01. The highest BCUT2D eigenvalue weighted by molar-refractivity contribution is 6.35. The minimum Gasteiger partial charge on any atom is -0.388 e. The van der Waals surface area contributed by atoms with Gasteiger partial charge in [0, 0.05) is 10.4 Å².